The lowest BCUT2D eigenvalue weighted by atomic mass is 10.0. The van der Waals surface area contributed by atoms with Gasteiger partial charge in [0.25, 0.3) is 5.91 Å². The van der Waals surface area contributed by atoms with Crippen molar-refractivity contribution in [2.45, 2.75) is 13.0 Å². The van der Waals surface area contributed by atoms with E-state index in [0.29, 0.717) is 0 Å². The average Bonchev–Trinajstić information content (AvgIpc) is 2.54. The first-order valence-corrected chi connectivity index (χ1v) is 6.61. The van der Waals surface area contributed by atoms with Crippen LogP contribution >= 0.6 is 0 Å². The third-order valence-corrected chi connectivity index (χ3v) is 3.13. The molecule has 0 heterocycles. The minimum absolute atomic E-state index is 0.0583. The number of aliphatic hydroxyl groups is 1. The third kappa shape index (κ3) is 4.56. The molecule has 2 aromatic rings. The molecule has 0 saturated carbocycles. The smallest absolute Gasteiger partial charge is 0.267 e. The number of hydrogen-bond donors (Lipinski definition) is 3. The molecule has 0 aliphatic rings. The van der Waals surface area contributed by atoms with Crippen molar-refractivity contribution in [2.75, 3.05) is 0 Å². The number of hydrogen-bond acceptors (Lipinski definition) is 3. The molecular weight excluding hydrogens is 266 g/mol. The van der Waals surface area contributed by atoms with E-state index in [4.69, 9.17) is 10.3 Å². The fraction of sp³-hybridized carbons (Fsp3) is 0.118. The van der Waals surface area contributed by atoms with E-state index < -0.39 is 5.91 Å². The van der Waals surface area contributed by atoms with Crippen molar-refractivity contribution in [3.05, 3.63) is 76.9 Å². The molecular formula is C17H17NO3. The first-order valence-electron chi connectivity index (χ1n) is 6.61. The van der Waals surface area contributed by atoms with Gasteiger partial charge in [-0.15, -0.1) is 0 Å². The molecule has 0 saturated heterocycles. The van der Waals surface area contributed by atoms with Crippen LogP contribution in [0.3, 0.4) is 0 Å². The van der Waals surface area contributed by atoms with Gasteiger partial charge in [-0.2, -0.15) is 0 Å². The Morgan fingerprint density at radius 1 is 0.952 bits per heavy atom. The summed E-state index contributed by atoms with van der Waals surface area (Å²) in [6.45, 7) is 0.0583. The SMILES string of the molecule is O=C(/C=C/c1ccc(Cc2ccc(CO)cc2)cc1)NO. The number of aliphatic hydroxyl groups excluding tert-OH is 1. The summed E-state index contributed by atoms with van der Waals surface area (Å²) in [5, 5.41) is 17.4. The van der Waals surface area contributed by atoms with Crippen LogP contribution < -0.4 is 5.48 Å². The number of carbonyl (C=O) groups excluding carboxylic acids is 1. The molecule has 2 rings (SSSR count). The van der Waals surface area contributed by atoms with Crippen molar-refractivity contribution in [3.63, 3.8) is 0 Å². The van der Waals surface area contributed by atoms with Crippen molar-refractivity contribution in [3.8, 4) is 0 Å². The van der Waals surface area contributed by atoms with Crippen molar-refractivity contribution < 1.29 is 15.1 Å². The number of hydroxylamine groups is 1. The Hall–Kier alpha value is -2.43. The highest BCUT2D eigenvalue weighted by molar-refractivity contribution is 5.90. The Labute approximate surface area is 123 Å². The molecule has 0 aliphatic heterocycles. The largest absolute Gasteiger partial charge is 0.392 e. The zero-order valence-electron chi connectivity index (χ0n) is 11.5. The Morgan fingerprint density at radius 2 is 1.48 bits per heavy atom. The summed E-state index contributed by atoms with van der Waals surface area (Å²) in [6.07, 6.45) is 3.71. The normalized spacial score (nSPS) is 10.8. The highest BCUT2D eigenvalue weighted by Crippen LogP contribution is 2.13. The van der Waals surface area contributed by atoms with Crippen LogP contribution in [0.5, 0.6) is 0 Å². The van der Waals surface area contributed by atoms with Gasteiger partial charge in [-0.3, -0.25) is 10.0 Å². The molecule has 3 N–H and O–H groups in total. The van der Waals surface area contributed by atoms with E-state index in [1.54, 1.807) is 11.6 Å². The van der Waals surface area contributed by atoms with E-state index in [2.05, 4.69) is 0 Å². The summed E-state index contributed by atoms with van der Waals surface area (Å²) in [4.78, 5) is 10.9. The van der Waals surface area contributed by atoms with Crippen molar-refractivity contribution in [2.24, 2.45) is 0 Å². The minimum atomic E-state index is -0.553. The van der Waals surface area contributed by atoms with Gasteiger partial charge in [-0.05, 0) is 34.8 Å². The average molecular weight is 283 g/mol. The number of carbonyl (C=O) groups is 1. The lowest BCUT2D eigenvalue weighted by Gasteiger charge is -2.04. The van der Waals surface area contributed by atoms with Crippen LogP contribution in [0, 0.1) is 0 Å². The molecule has 0 unspecified atom stereocenters. The molecule has 0 fully saturated rings. The van der Waals surface area contributed by atoms with Crippen LogP contribution in [0.1, 0.15) is 22.3 Å². The second-order valence-electron chi connectivity index (χ2n) is 4.70. The van der Waals surface area contributed by atoms with E-state index >= 15 is 0 Å². The number of amides is 1. The van der Waals surface area contributed by atoms with Crippen LogP contribution in [-0.4, -0.2) is 16.2 Å². The monoisotopic (exact) mass is 283 g/mol. The first kappa shape index (κ1) is 15.0. The number of benzene rings is 2. The maximum Gasteiger partial charge on any atom is 0.267 e. The lowest BCUT2D eigenvalue weighted by Crippen LogP contribution is -2.14. The van der Waals surface area contributed by atoms with Gasteiger partial charge in [0.2, 0.25) is 0 Å². The summed E-state index contributed by atoms with van der Waals surface area (Å²) >= 11 is 0. The third-order valence-electron chi connectivity index (χ3n) is 3.13. The van der Waals surface area contributed by atoms with E-state index in [0.717, 1.165) is 23.1 Å². The summed E-state index contributed by atoms with van der Waals surface area (Å²) in [7, 11) is 0. The van der Waals surface area contributed by atoms with Gasteiger partial charge in [-0.25, -0.2) is 5.48 Å². The van der Waals surface area contributed by atoms with Gasteiger partial charge in [0, 0.05) is 6.08 Å². The van der Waals surface area contributed by atoms with Gasteiger partial charge in [-0.1, -0.05) is 48.5 Å². The van der Waals surface area contributed by atoms with Crippen LogP contribution in [0.4, 0.5) is 0 Å². The second kappa shape index (κ2) is 7.38. The van der Waals surface area contributed by atoms with Crippen molar-refractivity contribution in [1.29, 1.82) is 0 Å². The highest BCUT2D eigenvalue weighted by atomic mass is 16.5. The summed E-state index contributed by atoms with van der Waals surface area (Å²) in [5.74, 6) is -0.553. The lowest BCUT2D eigenvalue weighted by molar-refractivity contribution is -0.124. The molecule has 0 spiro atoms. The van der Waals surface area contributed by atoms with Crippen LogP contribution in [0.2, 0.25) is 0 Å². The minimum Gasteiger partial charge on any atom is -0.392 e. The highest BCUT2D eigenvalue weighted by Gasteiger charge is 1.98. The standard InChI is InChI=1S/C17H17NO3/c19-12-16-7-5-15(6-8-16)11-14-3-1-13(2-4-14)9-10-17(20)18-21/h1-10,19,21H,11-12H2,(H,18,20)/b10-9+. The Kier molecular flexibility index (Phi) is 5.26. The quantitative estimate of drug-likeness (QED) is 0.448. The van der Waals surface area contributed by atoms with Gasteiger partial charge in [0.05, 0.1) is 6.61 Å². The zero-order chi connectivity index (χ0) is 15.1. The maximum absolute atomic E-state index is 10.9. The molecule has 108 valence electrons. The molecule has 2 aromatic carbocycles. The van der Waals surface area contributed by atoms with Gasteiger partial charge in [0.15, 0.2) is 0 Å². The van der Waals surface area contributed by atoms with Crippen LogP contribution in [-0.2, 0) is 17.8 Å². The Morgan fingerprint density at radius 3 is 2.00 bits per heavy atom. The fourth-order valence-electron chi connectivity index (χ4n) is 1.95. The van der Waals surface area contributed by atoms with Crippen LogP contribution in [0.15, 0.2) is 54.6 Å². The molecule has 1 amide bonds. The van der Waals surface area contributed by atoms with E-state index in [9.17, 15) is 4.79 Å². The predicted molar refractivity (Wildman–Crippen MR) is 80.6 cm³/mol. The molecule has 0 aromatic heterocycles. The van der Waals surface area contributed by atoms with Gasteiger partial charge in [0.1, 0.15) is 0 Å². The number of rotatable bonds is 5. The summed E-state index contributed by atoms with van der Waals surface area (Å²) < 4.78 is 0. The molecule has 4 heteroatoms. The molecule has 0 atom stereocenters. The van der Waals surface area contributed by atoms with E-state index in [1.165, 1.54) is 11.6 Å². The Balaban J connectivity index is 2.01. The van der Waals surface area contributed by atoms with Gasteiger partial charge < -0.3 is 5.11 Å². The molecule has 0 radical (unpaired) electrons. The van der Waals surface area contributed by atoms with Gasteiger partial charge >= 0.3 is 0 Å². The summed E-state index contributed by atoms with van der Waals surface area (Å²) in [6, 6.07) is 15.7. The van der Waals surface area contributed by atoms with Crippen molar-refractivity contribution in [1.82, 2.24) is 5.48 Å². The van der Waals surface area contributed by atoms with Crippen molar-refractivity contribution >= 4 is 12.0 Å². The Bertz CT molecular complexity index is 615. The van der Waals surface area contributed by atoms with E-state index in [1.807, 2.05) is 48.5 Å². The fourth-order valence-corrected chi connectivity index (χ4v) is 1.95. The first-order chi connectivity index (χ1) is 10.2. The predicted octanol–water partition coefficient (Wildman–Crippen LogP) is 2.29. The topological polar surface area (TPSA) is 69.6 Å². The molecule has 0 bridgehead atoms. The summed E-state index contributed by atoms with van der Waals surface area (Å²) in [5.41, 5.74) is 5.67. The second-order valence-corrected chi connectivity index (χ2v) is 4.70. The maximum atomic E-state index is 10.9. The molecule has 4 nitrogen and oxygen atoms in total. The molecule has 21 heavy (non-hydrogen) atoms. The zero-order valence-corrected chi connectivity index (χ0v) is 11.5. The van der Waals surface area contributed by atoms with Crippen LogP contribution in [0.25, 0.3) is 6.08 Å². The number of nitrogens with one attached hydrogen (secondary N) is 1. The molecule has 0 aliphatic carbocycles. The van der Waals surface area contributed by atoms with E-state index in [-0.39, 0.29) is 6.61 Å².